The Morgan fingerprint density at radius 2 is 2.26 bits per heavy atom. The first kappa shape index (κ1) is 17.9. The first-order chi connectivity index (χ1) is 13.1. The Morgan fingerprint density at radius 3 is 3.04 bits per heavy atom. The number of carbonyl (C=O) groups excluding carboxylic acids is 1. The minimum atomic E-state index is -0.350. The summed E-state index contributed by atoms with van der Waals surface area (Å²) in [6, 6.07) is 0. The van der Waals surface area contributed by atoms with E-state index in [0.717, 1.165) is 49.2 Å². The van der Waals surface area contributed by atoms with Crippen molar-refractivity contribution in [2.24, 2.45) is 10.9 Å². The summed E-state index contributed by atoms with van der Waals surface area (Å²) in [6.07, 6.45) is 6.65. The summed E-state index contributed by atoms with van der Waals surface area (Å²) in [5, 5.41) is 6.47. The Hall–Kier alpha value is -2.48. The van der Waals surface area contributed by atoms with Gasteiger partial charge in [0.1, 0.15) is 11.9 Å². The molecule has 4 rings (SSSR count). The Bertz CT molecular complexity index is 764. The number of hydrogen-bond donors (Lipinski definition) is 2. The van der Waals surface area contributed by atoms with Crippen LogP contribution in [0.3, 0.4) is 0 Å². The number of halogens is 1. The molecule has 3 aliphatic rings. The van der Waals surface area contributed by atoms with Crippen molar-refractivity contribution >= 4 is 12.3 Å². The molecule has 0 unspecified atom stereocenters. The molecule has 3 heterocycles. The highest BCUT2D eigenvalue weighted by atomic mass is 19.1. The molecule has 7 nitrogen and oxygen atoms in total. The molecule has 8 heteroatoms. The predicted octanol–water partition coefficient (Wildman–Crippen LogP) is 1.52. The van der Waals surface area contributed by atoms with Gasteiger partial charge in [0.15, 0.2) is 5.82 Å². The molecule has 0 aromatic carbocycles. The molecule has 0 spiro atoms. The van der Waals surface area contributed by atoms with E-state index in [1.54, 1.807) is 17.3 Å². The summed E-state index contributed by atoms with van der Waals surface area (Å²) in [6.45, 7) is 4.69. The second kappa shape index (κ2) is 7.64. The molecule has 144 valence electrons. The zero-order valence-corrected chi connectivity index (χ0v) is 15.4. The highest BCUT2D eigenvalue weighted by molar-refractivity contribution is 5.73. The number of pyridine rings is 1. The molecule has 1 saturated heterocycles. The van der Waals surface area contributed by atoms with Crippen LogP contribution < -0.4 is 10.6 Å². The molecule has 0 radical (unpaired) electrons. The number of aromatic nitrogens is 1. The zero-order valence-electron chi connectivity index (χ0n) is 15.4. The van der Waals surface area contributed by atoms with E-state index in [0.29, 0.717) is 24.8 Å². The monoisotopic (exact) mass is 373 g/mol. The van der Waals surface area contributed by atoms with E-state index >= 15 is 0 Å². The second-order valence-electron chi connectivity index (χ2n) is 7.25. The number of nitrogens with one attached hydrogen (secondary N) is 2. The molecular formula is C19H24FN5O2. The van der Waals surface area contributed by atoms with Crippen LogP contribution in [0.2, 0.25) is 0 Å². The van der Waals surface area contributed by atoms with Crippen molar-refractivity contribution in [2.75, 3.05) is 26.2 Å². The van der Waals surface area contributed by atoms with Crippen LogP contribution in [0, 0.1) is 18.7 Å². The van der Waals surface area contributed by atoms with E-state index < -0.39 is 0 Å². The lowest BCUT2D eigenvalue weighted by molar-refractivity contribution is 0.130. The number of amides is 1. The fourth-order valence-corrected chi connectivity index (χ4v) is 3.91. The van der Waals surface area contributed by atoms with Gasteiger partial charge in [0.2, 0.25) is 0 Å². The van der Waals surface area contributed by atoms with Crippen LogP contribution in [0.4, 0.5) is 9.18 Å². The average Bonchev–Trinajstić information content (AvgIpc) is 3.27. The van der Waals surface area contributed by atoms with Crippen LogP contribution >= 0.6 is 0 Å². The second-order valence-corrected chi connectivity index (χ2v) is 7.25. The minimum Gasteiger partial charge on any atom is -0.444 e. The number of aryl methyl sites for hydroxylation is 1. The average molecular weight is 373 g/mol. The van der Waals surface area contributed by atoms with Crippen molar-refractivity contribution in [2.45, 2.75) is 32.3 Å². The van der Waals surface area contributed by atoms with E-state index in [-0.39, 0.29) is 18.0 Å². The van der Waals surface area contributed by atoms with Crippen molar-refractivity contribution in [3.63, 3.8) is 0 Å². The Labute approximate surface area is 157 Å². The van der Waals surface area contributed by atoms with E-state index in [2.05, 4.69) is 20.6 Å². The van der Waals surface area contributed by atoms with Crippen LogP contribution in [0.15, 0.2) is 23.2 Å². The molecule has 2 atom stereocenters. The van der Waals surface area contributed by atoms with Gasteiger partial charge in [-0.3, -0.25) is 9.88 Å². The maximum Gasteiger partial charge on any atom is 0.415 e. The molecule has 1 aliphatic carbocycles. The number of rotatable bonds is 6. The zero-order chi connectivity index (χ0) is 18.8. The molecule has 2 aliphatic heterocycles. The van der Waals surface area contributed by atoms with Gasteiger partial charge in [-0.25, -0.2) is 14.2 Å². The highest BCUT2D eigenvalue weighted by Gasteiger charge is 2.33. The number of ether oxygens (including phenoxy) is 1. The Morgan fingerprint density at radius 1 is 1.41 bits per heavy atom. The van der Waals surface area contributed by atoms with E-state index in [4.69, 9.17) is 4.74 Å². The Kier molecular flexibility index (Phi) is 5.07. The fourth-order valence-electron chi connectivity index (χ4n) is 3.91. The third-order valence-corrected chi connectivity index (χ3v) is 5.34. The SMILES string of the molecule is Cc1ncc(F)c2c1C[C@@H](CNCC[C@@H]1CN(C3=CNCC=N3)C(=O)O1)C2. The van der Waals surface area contributed by atoms with E-state index in [1.807, 2.05) is 6.92 Å². The van der Waals surface area contributed by atoms with Gasteiger partial charge in [0.25, 0.3) is 0 Å². The lowest BCUT2D eigenvalue weighted by Gasteiger charge is -2.16. The number of nitrogens with zero attached hydrogens (tertiary/aromatic N) is 3. The number of aliphatic imine (C=N–C) groups is 1. The largest absolute Gasteiger partial charge is 0.444 e. The number of hydrogen-bond acceptors (Lipinski definition) is 6. The Balaban J connectivity index is 1.21. The van der Waals surface area contributed by atoms with Gasteiger partial charge in [-0.2, -0.15) is 0 Å². The van der Waals surface area contributed by atoms with Crippen molar-refractivity contribution < 1.29 is 13.9 Å². The van der Waals surface area contributed by atoms with Crippen LogP contribution in [-0.2, 0) is 17.6 Å². The summed E-state index contributed by atoms with van der Waals surface area (Å²) in [7, 11) is 0. The minimum absolute atomic E-state index is 0.146. The number of carbonyl (C=O) groups is 1. The molecule has 0 saturated carbocycles. The lowest BCUT2D eigenvalue weighted by Crippen LogP contribution is -2.29. The first-order valence-corrected chi connectivity index (χ1v) is 9.39. The normalized spacial score (nSPS) is 23.9. The molecule has 2 N–H and O–H groups in total. The fraction of sp³-hybridized carbons (Fsp3) is 0.526. The molecule has 0 bridgehead atoms. The van der Waals surface area contributed by atoms with Crippen LogP contribution in [0.25, 0.3) is 0 Å². The van der Waals surface area contributed by atoms with Crippen molar-refractivity contribution in [3.8, 4) is 0 Å². The maximum absolute atomic E-state index is 13.9. The van der Waals surface area contributed by atoms with E-state index in [1.165, 1.54) is 6.20 Å². The van der Waals surface area contributed by atoms with Gasteiger partial charge in [-0.05, 0) is 56.3 Å². The maximum atomic E-state index is 13.9. The van der Waals surface area contributed by atoms with Gasteiger partial charge in [0.05, 0.1) is 12.7 Å². The summed E-state index contributed by atoms with van der Waals surface area (Å²) >= 11 is 0. The lowest BCUT2D eigenvalue weighted by atomic mass is 10.1. The molecule has 1 amide bonds. The van der Waals surface area contributed by atoms with E-state index in [9.17, 15) is 9.18 Å². The summed E-state index contributed by atoms with van der Waals surface area (Å²) < 4.78 is 19.3. The quantitative estimate of drug-likeness (QED) is 0.739. The van der Waals surface area contributed by atoms with Crippen molar-refractivity contribution in [1.29, 1.82) is 0 Å². The van der Waals surface area contributed by atoms with Crippen LogP contribution in [0.5, 0.6) is 0 Å². The summed E-state index contributed by atoms with van der Waals surface area (Å²) in [5.74, 6) is 0.787. The van der Waals surface area contributed by atoms with Crippen molar-refractivity contribution in [1.82, 2.24) is 20.5 Å². The van der Waals surface area contributed by atoms with Gasteiger partial charge in [-0.1, -0.05) is 0 Å². The van der Waals surface area contributed by atoms with Crippen molar-refractivity contribution in [3.05, 3.63) is 40.9 Å². The molecular weight excluding hydrogens is 349 g/mol. The first-order valence-electron chi connectivity index (χ1n) is 9.39. The number of cyclic esters (lactones) is 1. The van der Waals surface area contributed by atoms with Gasteiger partial charge < -0.3 is 15.4 Å². The van der Waals surface area contributed by atoms with Crippen LogP contribution in [-0.4, -0.2) is 54.5 Å². The van der Waals surface area contributed by atoms with Gasteiger partial charge >= 0.3 is 6.09 Å². The molecule has 1 aromatic heterocycles. The highest BCUT2D eigenvalue weighted by Crippen LogP contribution is 2.30. The summed E-state index contributed by atoms with van der Waals surface area (Å²) in [4.78, 5) is 21.9. The molecule has 1 aromatic rings. The standard InChI is InChI=1S/C19H24FN5O2/c1-12-15-6-13(7-16(15)17(20)9-24-12)8-21-3-2-14-11-25(19(26)27-14)18-10-22-4-5-23-18/h5,9-10,13-14,21-22H,2-4,6-8,11H2,1H3/t13-,14-/m1/s1. The number of fused-ring (bicyclic) bond motifs is 1. The summed E-state index contributed by atoms with van der Waals surface area (Å²) in [5.41, 5.74) is 2.82. The van der Waals surface area contributed by atoms with Gasteiger partial charge in [-0.15, -0.1) is 0 Å². The predicted molar refractivity (Wildman–Crippen MR) is 98.9 cm³/mol. The third kappa shape index (κ3) is 3.80. The molecule has 1 fully saturated rings. The van der Waals surface area contributed by atoms with Gasteiger partial charge in [0, 0.05) is 24.7 Å². The molecule has 27 heavy (non-hydrogen) atoms. The topological polar surface area (TPSA) is 78.9 Å². The van der Waals surface area contributed by atoms with Crippen LogP contribution in [0.1, 0.15) is 23.2 Å². The smallest absolute Gasteiger partial charge is 0.415 e. The third-order valence-electron chi connectivity index (χ3n) is 5.34.